The minimum Gasteiger partial charge on any atom is -0.389 e. The summed E-state index contributed by atoms with van der Waals surface area (Å²) in [5.41, 5.74) is 5.63. The van der Waals surface area contributed by atoms with Crippen molar-refractivity contribution >= 4 is 27.2 Å². The van der Waals surface area contributed by atoms with Crippen molar-refractivity contribution in [3.63, 3.8) is 0 Å². The van der Waals surface area contributed by atoms with Gasteiger partial charge in [0.1, 0.15) is 17.1 Å². The third-order valence-corrected chi connectivity index (χ3v) is 4.07. The fraction of sp³-hybridized carbons (Fsp3) is 0.0909. The Balaban J connectivity index is 2.25. The third kappa shape index (κ3) is 3.18. The maximum absolute atomic E-state index is 13.4. The van der Waals surface area contributed by atoms with Gasteiger partial charge in [-0.25, -0.2) is 17.5 Å². The maximum Gasteiger partial charge on any atom is 0.240 e. The molecule has 20 heavy (non-hydrogen) atoms. The van der Waals surface area contributed by atoms with E-state index < -0.39 is 15.8 Å². The van der Waals surface area contributed by atoms with E-state index in [1.807, 2.05) is 0 Å². The summed E-state index contributed by atoms with van der Waals surface area (Å²) in [6.07, 6.45) is 1.33. The highest BCUT2D eigenvalue weighted by atomic mass is 32.2. The molecule has 106 valence electrons. The Morgan fingerprint density at radius 3 is 2.80 bits per heavy atom. The minimum atomic E-state index is -3.82. The average Bonchev–Trinajstić information content (AvgIpc) is 2.89. The van der Waals surface area contributed by atoms with E-state index in [1.54, 1.807) is 0 Å². The quantitative estimate of drug-likeness (QED) is 0.796. The number of rotatable bonds is 5. The van der Waals surface area contributed by atoms with Crippen molar-refractivity contribution in [3.8, 4) is 0 Å². The zero-order valence-corrected chi connectivity index (χ0v) is 11.7. The van der Waals surface area contributed by atoms with Crippen LogP contribution in [0.3, 0.4) is 0 Å². The number of nitrogens with two attached hydrogens (primary N) is 1. The summed E-state index contributed by atoms with van der Waals surface area (Å²) in [7, 11) is -3.82. The molecule has 0 atom stereocenters. The number of hydrogen-bond donors (Lipinski definition) is 2. The molecular formula is C11H10FN3O3S2. The number of benzene rings is 1. The van der Waals surface area contributed by atoms with Gasteiger partial charge in [0.2, 0.25) is 10.0 Å². The second-order valence-electron chi connectivity index (χ2n) is 3.82. The molecule has 6 nitrogen and oxygen atoms in total. The minimum absolute atomic E-state index is 0.0430. The van der Waals surface area contributed by atoms with Gasteiger partial charge in [-0.3, -0.25) is 0 Å². The number of thiocarbonyl (C=S) groups is 1. The van der Waals surface area contributed by atoms with Gasteiger partial charge in [-0.1, -0.05) is 17.4 Å². The highest BCUT2D eigenvalue weighted by molar-refractivity contribution is 7.89. The zero-order valence-electron chi connectivity index (χ0n) is 10.0. The molecule has 1 aromatic heterocycles. The number of sulfonamides is 1. The largest absolute Gasteiger partial charge is 0.389 e. The molecule has 0 saturated carbocycles. The molecule has 0 fully saturated rings. The van der Waals surface area contributed by atoms with E-state index in [9.17, 15) is 12.8 Å². The van der Waals surface area contributed by atoms with Gasteiger partial charge in [0.05, 0.1) is 17.1 Å². The van der Waals surface area contributed by atoms with Crippen LogP contribution < -0.4 is 10.5 Å². The molecule has 0 spiro atoms. The van der Waals surface area contributed by atoms with Crippen LogP contribution in [0.25, 0.3) is 0 Å². The molecule has 3 N–H and O–H groups in total. The summed E-state index contributed by atoms with van der Waals surface area (Å²) in [5.74, 6) is -0.673. The average molecular weight is 315 g/mol. The number of aromatic nitrogens is 1. The highest BCUT2D eigenvalue weighted by Crippen LogP contribution is 2.15. The lowest BCUT2D eigenvalue weighted by Crippen LogP contribution is -2.24. The summed E-state index contributed by atoms with van der Waals surface area (Å²) in [5, 5.41) is 3.57. The molecule has 0 saturated heterocycles. The molecule has 1 aromatic carbocycles. The Labute approximate surface area is 119 Å². The fourth-order valence-electron chi connectivity index (χ4n) is 1.44. The van der Waals surface area contributed by atoms with E-state index in [0.29, 0.717) is 5.69 Å². The van der Waals surface area contributed by atoms with Gasteiger partial charge in [0, 0.05) is 11.6 Å². The molecular weight excluding hydrogens is 305 g/mol. The smallest absolute Gasteiger partial charge is 0.240 e. The molecule has 0 aliphatic heterocycles. The molecule has 0 radical (unpaired) electrons. The normalized spacial score (nSPS) is 11.4. The SMILES string of the molecule is NC(=S)c1cc(S(=O)(=O)NCc2ccon2)ccc1F. The van der Waals surface area contributed by atoms with Crippen LogP contribution in [0.15, 0.2) is 39.9 Å². The van der Waals surface area contributed by atoms with Gasteiger partial charge in [0.25, 0.3) is 0 Å². The number of hydrogen-bond acceptors (Lipinski definition) is 5. The van der Waals surface area contributed by atoms with E-state index in [-0.39, 0.29) is 22.0 Å². The van der Waals surface area contributed by atoms with Crippen molar-refractivity contribution in [3.05, 3.63) is 47.6 Å². The van der Waals surface area contributed by atoms with E-state index in [2.05, 4.69) is 26.6 Å². The van der Waals surface area contributed by atoms with Crippen molar-refractivity contribution in [2.75, 3.05) is 0 Å². The van der Waals surface area contributed by atoms with Gasteiger partial charge in [-0.2, -0.15) is 0 Å². The third-order valence-electron chi connectivity index (χ3n) is 2.45. The maximum atomic E-state index is 13.4. The van der Waals surface area contributed by atoms with E-state index >= 15 is 0 Å². The Kier molecular flexibility index (Phi) is 4.12. The molecule has 9 heteroatoms. The number of nitrogens with zero attached hydrogens (tertiary/aromatic N) is 1. The van der Waals surface area contributed by atoms with Gasteiger partial charge in [-0.15, -0.1) is 0 Å². The van der Waals surface area contributed by atoms with Gasteiger partial charge < -0.3 is 10.3 Å². The first-order chi connectivity index (χ1) is 9.40. The highest BCUT2D eigenvalue weighted by Gasteiger charge is 2.17. The molecule has 0 aliphatic rings. The van der Waals surface area contributed by atoms with Gasteiger partial charge in [0.15, 0.2) is 0 Å². The summed E-state index contributed by atoms with van der Waals surface area (Å²) in [6, 6.07) is 4.73. The van der Waals surface area contributed by atoms with E-state index in [0.717, 1.165) is 18.2 Å². The summed E-state index contributed by atoms with van der Waals surface area (Å²) >= 11 is 4.66. The first-order valence-electron chi connectivity index (χ1n) is 5.38. The Hall–Kier alpha value is -1.84. The molecule has 2 aromatic rings. The van der Waals surface area contributed by atoms with Crippen LogP contribution in [-0.2, 0) is 16.6 Å². The molecule has 0 aliphatic carbocycles. The first kappa shape index (κ1) is 14.6. The van der Waals surface area contributed by atoms with Crippen LogP contribution in [0, 0.1) is 5.82 Å². The predicted octanol–water partition coefficient (Wildman–Crippen LogP) is 0.926. The van der Waals surface area contributed by atoms with Gasteiger partial charge in [-0.05, 0) is 18.2 Å². The summed E-state index contributed by atoms with van der Waals surface area (Å²) < 4.78 is 44.4. The van der Waals surface area contributed by atoms with Crippen LogP contribution in [0.5, 0.6) is 0 Å². The van der Waals surface area contributed by atoms with E-state index in [1.165, 1.54) is 12.3 Å². The van der Waals surface area contributed by atoms with Crippen molar-refractivity contribution in [2.45, 2.75) is 11.4 Å². The van der Waals surface area contributed by atoms with E-state index in [4.69, 9.17) is 5.73 Å². The van der Waals surface area contributed by atoms with Crippen molar-refractivity contribution in [2.24, 2.45) is 5.73 Å². The lowest BCUT2D eigenvalue weighted by molar-refractivity contribution is 0.411. The monoisotopic (exact) mass is 315 g/mol. The van der Waals surface area contributed by atoms with Crippen LogP contribution in [0.2, 0.25) is 0 Å². The zero-order chi connectivity index (χ0) is 14.8. The lowest BCUT2D eigenvalue weighted by atomic mass is 10.2. The van der Waals surface area contributed by atoms with Crippen LogP contribution in [-0.4, -0.2) is 18.6 Å². The lowest BCUT2D eigenvalue weighted by Gasteiger charge is -2.07. The van der Waals surface area contributed by atoms with Crippen LogP contribution in [0.1, 0.15) is 11.3 Å². The molecule has 2 rings (SSSR count). The standard InChI is InChI=1S/C11H10FN3O3S2/c12-10-2-1-8(5-9(10)11(13)19)20(16,17)14-6-7-3-4-18-15-7/h1-5,14H,6H2,(H2,13,19). The van der Waals surface area contributed by atoms with Crippen molar-refractivity contribution < 1.29 is 17.3 Å². The topological polar surface area (TPSA) is 98.2 Å². The van der Waals surface area contributed by atoms with Crippen LogP contribution >= 0.6 is 12.2 Å². The number of nitrogens with one attached hydrogen (secondary N) is 1. The summed E-state index contributed by atoms with van der Waals surface area (Å²) in [4.78, 5) is -0.346. The molecule has 0 amide bonds. The Morgan fingerprint density at radius 1 is 1.45 bits per heavy atom. The van der Waals surface area contributed by atoms with Crippen LogP contribution in [0.4, 0.5) is 4.39 Å². The fourth-order valence-corrected chi connectivity index (χ4v) is 2.62. The predicted molar refractivity (Wildman–Crippen MR) is 72.8 cm³/mol. The summed E-state index contributed by atoms with van der Waals surface area (Å²) in [6.45, 7) is -0.0430. The number of halogens is 1. The molecule has 0 unspecified atom stereocenters. The Bertz CT molecular complexity index is 729. The van der Waals surface area contributed by atoms with Crippen molar-refractivity contribution in [1.29, 1.82) is 0 Å². The van der Waals surface area contributed by atoms with Crippen molar-refractivity contribution in [1.82, 2.24) is 9.88 Å². The second-order valence-corrected chi connectivity index (χ2v) is 6.03. The van der Waals surface area contributed by atoms with Gasteiger partial charge >= 0.3 is 0 Å². The first-order valence-corrected chi connectivity index (χ1v) is 7.27. The molecule has 0 bridgehead atoms. The molecule has 1 heterocycles. The Morgan fingerprint density at radius 2 is 2.20 bits per heavy atom. The second kappa shape index (κ2) is 5.65.